The number of nitrogens with zero attached hydrogens (tertiary/aromatic N) is 4. The van der Waals surface area contributed by atoms with Crippen molar-refractivity contribution in [2.75, 3.05) is 13.1 Å². The monoisotopic (exact) mass is 352 g/mol. The van der Waals surface area contributed by atoms with Crippen LogP contribution in [-0.2, 0) is 4.74 Å². The molecule has 1 aliphatic heterocycles. The van der Waals surface area contributed by atoms with Crippen molar-refractivity contribution in [1.29, 1.82) is 0 Å². The second-order valence-corrected chi connectivity index (χ2v) is 7.33. The number of hydrogen-bond acceptors (Lipinski definition) is 5. The van der Waals surface area contributed by atoms with E-state index < -0.39 is 17.8 Å². The fourth-order valence-corrected chi connectivity index (χ4v) is 3.05. The third-order valence-electron chi connectivity index (χ3n) is 3.98. The minimum absolute atomic E-state index is 0.170. The first-order valence-corrected chi connectivity index (χ1v) is 8.27. The van der Waals surface area contributed by atoms with E-state index >= 15 is 0 Å². The number of carbonyl (C=O) groups excluding carboxylic acids is 1. The normalized spacial score (nSPS) is 22.0. The molecule has 0 unspecified atom stereocenters. The van der Waals surface area contributed by atoms with Gasteiger partial charge >= 0.3 is 6.09 Å². The number of rotatable bonds is 1. The summed E-state index contributed by atoms with van der Waals surface area (Å²) in [6.45, 7) is 6.20. The fourth-order valence-electron chi connectivity index (χ4n) is 2.92. The SMILES string of the molecule is CC(C)(C)OC(=O)N1CC[C@H](n2ccc3cnc(Cl)nc32)[C@H](O)C1. The van der Waals surface area contributed by atoms with Gasteiger partial charge in [-0.15, -0.1) is 0 Å². The lowest BCUT2D eigenvalue weighted by atomic mass is 10.0. The van der Waals surface area contributed by atoms with Crippen LogP contribution >= 0.6 is 11.6 Å². The summed E-state index contributed by atoms with van der Waals surface area (Å²) in [6.07, 6.45) is 3.01. The molecule has 0 aromatic carbocycles. The molecule has 1 N–H and O–H groups in total. The van der Waals surface area contributed by atoms with Gasteiger partial charge in [0.25, 0.3) is 0 Å². The van der Waals surface area contributed by atoms with Crippen LogP contribution in [0.15, 0.2) is 18.5 Å². The number of likely N-dealkylation sites (tertiary alicyclic amines) is 1. The molecule has 1 saturated heterocycles. The van der Waals surface area contributed by atoms with Gasteiger partial charge in [-0.25, -0.2) is 9.78 Å². The highest BCUT2D eigenvalue weighted by Crippen LogP contribution is 2.28. The molecule has 130 valence electrons. The minimum atomic E-state index is -0.712. The maximum atomic E-state index is 12.2. The number of aliphatic hydroxyl groups excluding tert-OH is 1. The van der Waals surface area contributed by atoms with Crippen LogP contribution in [0.1, 0.15) is 33.2 Å². The Labute approximate surface area is 145 Å². The van der Waals surface area contributed by atoms with Crippen molar-refractivity contribution in [3.63, 3.8) is 0 Å². The van der Waals surface area contributed by atoms with Crippen molar-refractivity contribution in [3.05, 3.63) is 23.7 Å². The number of aromatic nitrogens is 3. The van der Waals surface area contributed by atoms with Gasteiger partial charge in [-0.3, -0.25) is 0 Å². The number of fused-ring (bicyclic) bond motifs is 1. The van der Waals surface area contributed by atoms with E-state index in [1.165, 1.54) is 0 Å². The van der Waals surface area contributed by atoms with Crippen molar-refractivity contribution in [2.24, 2.45) is 0 Å². The Morgan fingerprint density at radius 3 is 2.88 bits per heavy atom. The molecule has 0 radical (unpaired) electrons. The Kier molecular flexibility index (Phi) is 4.40. The molecule has 0 spiro atoms. The molecule has 24 heavy (non-hydrogen) atoms. The smallest absolute Gasteiger partial charge is 0.410 e. The van der Waals surface area contributed by atoms with Gasteiger partial charge in [-0.05, 0) is 44.9 Å². The molecule has 3 heterocycles. The summed E-state index contributed by atoms with van der Waals surface area (Å²) in [7, 11) is 0. The minimum Gasteiger partial charge on any atom is -0.444 e. The highest BCUT2D eigenvalue weighted by molar-refractivity contribution is 6.28. The second-order valence-electron chi connectivity index (χ2n) is 6.99. The van der Waals surface area contributed by atoms with E-state index in [1.807, 2.05) is 37.6 Å². The number of ether oxygens (including phenoxy) is 1. The Balaban J connectivity index is 1.76. The summed E-state index contributed by atoms with van der Waals surface area (Å²) in [6, 6.07) is 1.71. The second kappa shape index (κ2) is 6.22. The maximum Gasteiger partial charge on any atom is 0.410 e. The third kappa shape index (κ3) is 3.47. The van der Waals surface area contributed by atoms with Gasteiger partial charge in [-0.2, -0.15) is 4.98 Å². The van der Waals surface area contributed by atoms with Crippen LogP contribution in [-0.4, -0.2) is 55.4 Å². The molecule has 0 bridgehead atoms. The average molecular weight is 353 g/mol. The number of aliphatic hydroxyl groups is 1. The molecule has 3 rings (SSSR count). The van der Waals surface area contributed by atoms with Gasteiger partial charge in [0.2, 0.25) is 5.28 Å². The highest BCUT2D eigenvalue weighted by Gasteiger charge is 2.33. The summed E-state index contributed by atoms with van der Waals surface area (Å²) in [5, 5.41) is 11.6. The molecule has 0 aliphatic carbocycles. The number of carbonyl (C=O) groups is 1. The summed E-state index contributed by atoms with van der Waals surface area (Å²) < 4.78 is 7.27. The molecule has 2 atom stereocenters. The van der Waals surface area contributed by atoms with Crippen LogP contribution in [0.3, 0.4) is 0 Å². The maximum absolute atomic E-state index is 12.2. The number of amides is 1. The third-order valence-corrected chi connectivity index (χ3v) is 4.16. The molecule has 7 nitrogen and oxygen atoms in total. The molecule has 1 aliphatic rings. The van der Waals surface area contributed by atoms with Crippen molar-refractivity contribution < 1.29 is 14.6 Å². The Morgan fingerprint density at radius 2 is 2.21 bits per heavy atom. The van der Waals surface area contributed by atoms with Gasteiger partial charge < -0.3 is 19.3 Å². The van der Waals surface area contributed by atoms with E-state index in [0.717, 1.165) is 5.39 Å². The molecule has 0 saturated carbocycles. The van der Waals surface area contributed by atoms with Gasteiger partial charge in [0.05, 0.1) is 18.7 Å². The quantitative estimate of drug-likeness (QED) is 0.798. The largest absolute Gasteiger partial charge is 0.444 e. The molecule has 1 fully saturated rings. The summed E-state index contributed by atoms with van der Waals surface area (Å²) in [5.74, 6) is 0. The number of piperidine rings is 1. The Bertz CT molecular complexity index is 755. The van der Waals surface area contributed by atoms with Gasteiger partial charge in [-0.1, -0.05) is 0 Å². The molecule has 8 heteroatoms. The summed E-state index contributed by atoms with van der Waals surface area (Å²) >= 11 is 5.88. The van der Waals surface area contributed by atoms with E-state index in [9.17, 15) is 9.90 Å². The molecule has 1 amide bonds. The van der Waals surface area contributed by atoms with Crippen molar-refractivity contribution in [2.45, 2.75) is 44.9 Å². The lowest BCUT2D eigenvalue weighted by molar-refractivity contribution is -0.00941. The summed E-state index contributed by atoms with van der Waals surface area (Å²) in [4.78, 5) is 21.9. The van der Waals surface area contributed by atoms with Crippen LogP contribution in [0.25, 0.3) is 11.0 Å². The first kappa shape index (κ1) is 17.0. The topological polar surface area (TPSA) is 80.5 Å². The standard InChI is InChI=1S/C16H21ClN4O3/c1-16(2,3)24-15(23)20-6-5-11(12(22)9-20)21-7-4-10-8-18-14(17)19-13(10)21/h4,7-8,11-12,22H,5-6,9H2,1-3H3/t11-,12+/m0/s1. The first-order valence-electron chi connectivity index (χ1n) is 7.90. The van der Waals surface area contributed by atoms with Crippen LogP contribution in [0.4, 0.5) is 4.79 Å². The predicted molar refractivity (Wildman–Crippen MR) is 90.0 cm³/mol. The van der Waals surface area contributed by atoms with Crippen molar-refractivity contribution >= 4 is 28.7 Å². The van der Waals surface area contributed by atoms with Crippen molar-refractivity contribution in [1.82, 2.24) is 19.4 Å². The number of β-amino-alcohol motifs (C(OH)–C–C–N with tert-alkyl or cyclic N) is 1. The highest BCUT2D eigenvalue weighted by atomic mass is 35.5. The zero-order valence-electron chi connectivity index (χ0n) is 13.9. The van der Waals surface area contributed by atoms with Gasteiger partial charge in [0.15, 0.2) is 0 Å². The van der Waals surface area contributed by atoms with E-state index in [-0.39, 0.29) is 17.9 Å². The van der Waals surface area contributed by atoms with Crippen LogP contribution in [0.5, 0.6) is 0 Å². The summed E-state index contributed by atoms with van der Waals surface area (Å²) in [5.41, 5.74) is 0.133. The van der Waals surface area contributed by atoms with Gasteiger partial charge in [0, 0.05) is 24.3 Å². The van der Waals surface area contributed by atoms with Crippen LogP contribution in [0, 0.1) is 0 Å². The van der Waals surface area contributed by atoms with E-state index in [0.29, 0.717) is 18.6 Å². The zero-order chi connectivity index (χ0) is 17.5. The number of hydrogen-bond donors (Lipinski definition) is 1. The lowest BCUT2D eigenvalue weighted by Crippen LogP contribution is -2.48. The molecule has 2 aromatic heterocycles. The first-order chi connectivity index (χ1) is 11.2. The van der Waals surface area contributed by atoms with E-state index in [1.54, 1.807) is 11.1 Å². The zero-order valence-corrected chi connectivity index (χ0v) is 14.7. The number of halogens is 1. The Morgan fingerprint density at radius 1 is 1.46 bits per heavy atom. The van der Waals surface area contributed by atoms with E-state index in [2.05, 4.69) is 9.97 Å². The Hall–Kier alpha value is -1.86. The molecular formula is C16H21ClN4O3. The molecule has 2 aromatic rings. The van der Waals surface area contributed by atoms with Crippen LogP contribution < -0.4 is 0 Å². The molecular weight excluding hydrogens is 332 g/mol. The van der Waals surface area contributed by atoms with E-state index in [4.69, 9.17) is 16.3 Å². The van der Waals surface area contributed by atoms with Gasteiger partial charge in [0.1, 0.15) is 11.2 Å². The van der Waals surface area contributed by atoms with Crippen LogP contribution in [0.2, 0.25) is 5.28 Å². The average Bonchev–Trinajstić information content (AvgIpc) is 2.88. The van der Waals surface area contributed by atoms with Crippen molar-refractivity contribution in [3.8, 4) is 0 Å². The predicted octanol–water partition coefficient (Wildman–Crippen LogP) is 2.63. The fraction of sp³-hybridized carbons (Fsp3) is 0.562. The lowest BCUT2D eigenvalue weighted by Gasteiger charge is -2.37.